The average Bonchev–Trinajstić information content (AvgIpc) is 2.82. The van der Waals surface area contributed by atoms with Gasteiger partial charge in [-0.1, -0.05) is 26.8 Å². The first-order valence-corrected chi connectivity index (χ1v) is 9.15. The second-order valence-corrected chi connectivity index (χ2v) is 9.15. The molecule has 0 aromatic heterocycles. The van der Waals surface area contributed by atoms with Crippen molar-refractivity contribution in [2.45, 2.75) is 71.6 Å². The average molecular weight is 286 g/mol. The van der Waals surface area contributed by atoms with Crippen LogP contribution in [0.2, 0.25) is 0 Å². The van der Waals surface area contributed by atoms with E-state index in [0.29, 0.717) is 22.5 Å². The number of hydrogen-bond acceptors (Lipinski definition) is 1. The largest absolute Gasteiger partial charge is 0.295 e. The van der Waals surface area contributed by atoms with Crippen LogP contribution in [-0.4, -0.2) is 5.78 Å². The topological polar surface area (TPSA) is 17.1 Å². The predicted molar refractivity (Wildman–Crippen MR) is 85.9 cm³/mol. The zero-order valence-corrected chi connectivity index (χ0v) is 13.8. The van der Waals surface area contributed by atoms with E-state index in [1.165, 1.54) is 44.9 Å². The number of carbonyl (C=O) groups excluding carboxylic acids is 1. The molecule has 3 unspecified atom stereocenters. The van der Waals surface area contributed by atoms with Crippen molar-refractivity contribution in [1.29, 1.82) is 0 Å². The Hall–Kier alpha value is -0.590. The maximum absolute atomic E-state index is 12.1. The molecule has 21 heavy (non-hydrogen) atoms. The van der Waals surface area contributed by atoms with Gasteiger partial charge in [0.15, 0.2) is 5.78 Å². The molecule has 0 aliphatic heterocycles. The Bertz CT molecular complexity index is 492. The monoisotopic (exact) mass is 286 g/mol. The van der Waals surface area contributed by atoms with Gasteiger partial charge in [0.1, 0.15) is 0 Å². The van der Waals surface area contributed by atoms with Gasteiger partial charge >= 0.3 is 0 Å². The minimum absolute atomic E-state index is 0.359. The van der Waals surface area contributed by atoms with Gasteiger partial charge < -0.3 is 0 Å². The van der Waals surface area contributed by atoms with E-state index < -0.39 is 0 Å². The number of Topliss-reactive ketones (excluding diaryl/α,β-unsaturated/α-hetero) is 1. The Morgan fingerprint density at radius 2 is 1.86 bits per heavy atom. The zero-order chi connectivity index (χ0) is 14.8. The summed E-state index contributed by atoms with van der Waals surface area (Å²) in [6.07, 6.45) is 11.7. The summed E-state index contributed by atoms with van der Waals surface area (Å²) < 4.78 is 0. The highest BCUT2D eigenvalue weighted by atomic mass is 16.1. The van der Waals surface area contributed by atoms with Gasteiger partial charge in [-0.15, -0.1) is 0 Å². The van der Waals surface area contributed by atoms with Crippen LogP contribution in [0.3, 0.4) is 0 Å². The van der Waals surface area contributed by atoms with Crippen LogP contribution in [-0.2, 0) is 4.79 Å². The SMILES string of the molecule is C=C1C[C@]2(C)C3CC[C@]4(C)CCCC4C3CC[C@H]2CC1=O. The maximum atomic E-state index is 12.1. The maximum Gasteiger partial charge on any atom is 0.158 e. The van der Waals surface area contributed by atoms with E-state index in [4.69, 9.17) is 0 Å². The minimum Gasteiger partial charge on any atom is -0.295 e. The summed E-state index contributed by atoms with van der Waals surface area (Å²) in [7, 11) is 0. The molecule has 4 aliphatic rings. The molecule has 4 rings (SSSR count). The highest BCUT2D eigenvalue weighted by Gasteiger charge is 2.58. The molecule has 0 radical (unpaired) electrons. The molecule has 1 nitrogen and oxygen atoms in total. The Morgan fingerprint density at radius 3 is 2.67 bits per heavy atom. The first-order valence-electron chi connectivity index (χ1n) is 9.15. The molecule has 6 atom stereocenters. The highest BCUT2D eigenvalue weighted by molar-refractivity contribution is 5.95. The molecule has 0 amide bonds. The molecule has 0 heterocycles. The molecule has 0 aromatic rings. The number of carbonyl (C=O) groups is 1. The van der Waals surface area contributed by atoms with Crippen molar-refractivity contribution in [1.82, 2.24) is 0 Å². The fourth-order valence-electron chi connectivity index (χ4n) is 7.07. The van der Waals surface area contributed by atoms with E-state index in [2.05, 4.69) is 20.4 Å². The third kappa shape index (κ3) is 1.85. The number of hydrogen-bond donors (Lipinski definition) is 0. The molecule has 0 saturated heterocycles. The summed E-state index contributed by atoms with van der Waals surface area (Å²) in [6, 6.07) is 0. The Balaban J connectivity index is 1.66. The zero-order valence-electron chi connectivity index (χ0n) is 13.8. The van der Waals surface area contributed by atoms with Crippen LogP contribution in [0.1, 0.15) is 71.6 Å². The van der Waals surface area contributed by atoms with Gasteiger partial charge in [0.25, 0.3) is 0 Å². The quantitative estimate of drug-likeness (QED) is 0.562. The summed E-state index contributed by atoms with van der Waals surface area (Å²) in [6.45, 7) is 9.17. The molecule has 116 valence electrons. The van der Waals surface area contributed by atoms with Crippen molar-refractivity contribution in [3.05, 3.63) is 12.2 Å². The second kappa shape index (κ2) is 4.46. The van der Waals surface area contributed by atoms with Gasteiger partial charge in [-0.3, -0.25) is 4.79 Å². The summed E-state index contributed by atoms with van der Waals surface area (Å²) >= 11 is 0. The standard InChI is InChI=1S/C20H30O/c1-13-12-20(3)14(11-18(13)21)6-7-15-16-5-4-9-19(16,2)10-8-17(15)20/h14-17H,1,4-12H2,2-3H3/t14-,15?,16?,17?,19-,20-/m0/s1. The van der Waals surface area contributed by atoms with Crippen LogP contribution in [0.25, 0.3) is 0 Å². The Morgan fingerprint density at radius 1 is 1.05 bits per heavy atom. The Kier molecular flexibility index (Phi) is 2.98. The normalized spacial score (nSPS) is 53.0. The van der Waals surface area contributed by atoms with Crippen molar-refractivity contribution in [2.24, 2.45) is 34.5 Å². The summed E-state index contributed by atoms with van der Waals surface area (Å²) in [5.41, 5.74) is 1.94. The second-order valence-electron chi connectivity index (χ2n) is 9.15. The highest BCUT2D eigenvalue weighted by Crippen LogP contribution is 2.66. The van der Waals surface area contributed by atoms with Crippen LogP contribution in [0.5, 0.6) is 0 Å². The number of rotatable bonds is 0. The van der Waals surface area contributed by atoms with E-state index in [0.717, 1.165) is 36.2 Å². The Labute approximate surface area is 129 Å². The first kappa shape index (κ1) is 14.0. The van der Waals surface area contributed by atoms with Crippen LogP contribution in [0, 0.1) is 34.5 Å². The number of fused-ring (bicyclic) bond motifs is 5. The van der Waals surface area contributed by atoms with Gasteiger partial charge in [0, 0.05) is 6.42 Å². The minimum atomic E-state index is 0.359. The molecular weight excluding hydrogens is 256 g/mol. The first-order chi connectivity index (χ1) is 9.94. The van der Waals surface area contributed by atoms with Crippen molar-refractivity contribution in [3.8, 4) is 0 Å². The van der Waals surface area contributed by atoms with Crippen LogP contribution in [0.15, 0.2) is 12.2 Å². The number of allylic oxidation sites excluding steroid dienone is 1. The lowest BCUT2D eigenvalue weighted by atomic mass is 9.45. The van der Waals surface area contributed by atoms with Crippen molar-refractivity contribution in [2.75, 3.05) is 0 Å². The lowest BCUT2D eigenvalue weighted by Gasteiger charge is -2.59. The molecule has 0 aromatic carbocycles. The van der Waals surface area contributed by atoms with Crippen LogP contribution < -0.4 is 0 Å². The molecular formula is C20H30O. The van der Waals surface area contributed by atoms with Gasteiger partial charge in [-0.25, -0.2) is 0 Å². The predicted octanol–water partition coefficient (Wildman–Crippen LogP) is 5.15. The molecule has 4 aliphatic carbocycles. The third-order valence-corrected chi connectivity index (χ3v) is 8.27. The molecule has 4 saturated carbocycles. The van der Waals surface area contributed by atoms with Crippen molar-refractivity contribution >= 4 is 5.78 Å². The van der Waals surface area contributed by atoms with Crippen molar-refractivity contribution < 1.29 is 4.79 Å². The molecule has 0 N–H and O–H groups in total. The van der Waals surface area contributed by atoms with Gasteiger partial charge in [-0.2, -0.15) is 0 Å². The van der Waals surface area contributed by atoms with Gasteiger partial charge in [0.05, 0.1) is 0 Å². The lowest BCUT2D eigenvalue weighted by Crippen LogP contribution is -2.53. The summed E-state index contributed by atoms with van der Waals surface area (Å²) in [5.74, 6) is 3.77. The molecule has 4 fully saturated rings. The summed E-state index contributed by atoms with van der Waals surface area (Å²) in [5, 5.41) is 0. The van der Waals surface area contributed by atoms with E-state index in [1.54, 1.807) is 0 Å². The van der Waals surface area contributed by atoms with Gasteiger partial charge in [-0.05, 0) is 85.0 Å². The van der Waals surface area contributed by atoms with E-state index >= 15 is 0 Å². The third-order valence-electron chi connectivity index (χ3n) is 8.27. The fourth-order valence-corrected chi connectivity index (χ4v) is 7.07. The van der Waals surface area contributed by atoms with E-state index in [9.17, 15) is 4.79 Å². The molecule has 1 heteroatoms. The smallest absolute Gasteiger partial charge is 0.158 e. The van der Waals surface area contributed by atoms with Gasteiger partial charge in [0.2, 0.25) is 0 Å². The number of ketones is 1. The lowest BCUT2D eigenvalue weighted by molar-refractivity contribution is -0.130. The molecule has 0 bridgehead atoms. The van der Waals surface area contributed by atoms with E-state index in [-0.39, 0.29) is 0 Å². The fraction of sp³-hybridized carbons (Fsp3) is 0.850. The van der Waals surface area contributed by atoms with Crippen molar-refractivity contribution in [3.63, 3.8) is 0 Å². The van der Waals surface area contributed by atoms with Crippen LogP contribution in [0.4, 0.5) is 0 Å². The van der Waals surface area contributed by atoms with Crippen LogP contribution >= 0.6 is 0 Å². The van der Waals surface area contributed by atoms with E-state index in [1.807, 2.05) is 0 Å². The summed E-state index contributed by atoms with van der Waals surface area (Å²) in [4.78, 5) is 12.1. The molecule has 0 spiro atoms.